The van der Waals surface area contributed by atoms with E-state index in [0.29, 0.717) is 12.1 Å². The molecule has 0 amide bonds. The summed E-state index contributed by atoms with van der Waals surface area (Å²) in [5, 5.41) is 8.70. The number of carbonyl (C=O) groups is 1. The third-order valence-electron chi connectivity index (χ3n) is 2.28. The van der Waals surface area contributed by atoms with Gasteiger partial charge in [0.2, 0.25) is 0 Å². The Hall–Kier alpha value is -1.68. The summed E-state index contributed by atoms with van der Waals surface area (Å²) in [6.45, 7) is -2.42. The smallest absolute Gasteiger partial charge is 0.411 e. The van der Waals surface area contributed by atoms with Crippen LogP contribution in [0, 0.1) is 5.82 Å². The van der Waals surface area contributed by atoms with Crippen molar-refractivity contribution in [2.24, 2.45) is 0 Å². The van der Waals surface area contributed by atoms with Crippen LogP contribution in [0.2, 0.25) is 0 Å². The Bertz CT molecular complexity index is 624. The number of alkyl halides is 3. The number of aromatic carboxylic acids is 1. The average molecular weight is 330 g/mol. The molecular weight excluding hydrogens is 320 g/mol. The molecule has 10 heteroatoms. The summed E-state index contributed by atoms with van der Waals surface area (Å²) >= 11 is 0. The van der Waals surface area contributed by atoms with Crippen molar-refractivity contribution in [3.05, 3.63) is 29.6 Å². The maximum Gasteiger partial charge on any atom is 0.411 e. The van der Waals surface area contributed by atoms with Gasteiger partial charge in [-0.1, -0.05) is 0 Å². The van der Waals surface area contributed by atoms with E-state index < -0.39 is 57.2 Å². The Labute approximate surface area is 117 Å². The first-order valence-electron chi connectivity index (χ1n) is 5.43. The molecule has 0 aliphatic carbocycles. The quantitative estimate of drug-likeness (QED) is 0.636. The van der Waals surface area contributed by atoms with Gasteiger partial charge >= 0.3 is 12.1 Å². The van der Waals surface area contributed by atoms with E-state index in [0.717, 1.165) is 6.07 Å². The van der Waals surface area contributed by atoms with Crippen molar-refractivity contribution in [1.82, 2.24) is 0 Å². The lowest BCUT2D eigenvalue weighted by Gasteiger charge is -2.09. The lowest BCUT2D eigenvalue weighted by atomic mass is 10.2. The molecule has 0 bridgehead atoms. The van der Waals surface area contributed by atoms with Gasteiger partial charge in [-0.25, -0.2) is 17.6 Å². The van der Waals surface area contributed by atoms with Crippen LogP contribution < -0.4 is 0 Å². The zero-order chi connectivity index (χ0) is 16.3. The molecule has 1 aromatic carbocycles. The molecule has 0 saturated carbocycles. The van der Waals surface area contributed by atoms with Gasteiger partial charge in [-0.3, -0.25) is 0 Å². The molecule has 1 aromatic rings. The Morgan fingerprint density at radius 3 is 2.43 bits per heavy atom. The highest BCUT2D eigenvalue weighted by Gasteiger charge is 2.28. The molecule has 0 spiro atoms. The van der Waals surface area contributed by atoms with Crippen LogP contribution in [0.15, 0.2) is 23.1 Å². The number of hydrogen-bond donors (Lipinski definition) is 1. The van der Waals surface area contributed by atoms with Gasteiger partial charge in [-0.05, 0) is 18.2 Å². The van der Waals surface area contributed by atoms with Gasteiger partial charge < -0.3 is 9.84 Å². The molecule has 1 rings (SSSR count). The van der Waals surface area contributed by atoms with E-state index >= 15 is 0 Å². The van der Waals surface area contributed by atoms with Crippen LogP contribution in [0.5, 0.6) is 0 Å². The number of rotatable bonds is 6. The Morgan fingerprint density at radius 2 is 1.90 bits per heavy atom. The summed E-state index contributed by atoms with van der Waals surface area (Å²) < 4.78 is 76.5. The molecule has 0 heterocycles. The van der Waals surface area contributed by atoms with E-state index in [9.17, 15) is 30.8 Å². The van der Waals surface area contributed by atoms with Crippen LogP contribution in [-0.2, 0) is 14.6 Å². The van der Waals surface area contributed by atoms with Gasteiger partial charge in [0.05, 0.1) is 17.9 Å². The molecule has 1 N–H and O–H groups in total. The maximum absolute atomic E-state index is 13.4. The summed E-state index contributed by atoms with van der Waals surface area (Å²) in [5.74, 6) is -3.54. The monoisotopic (exact) mass is 330 g/mol. The van der Waals surface area contributed by atoms with Crippen LogP contribution in [0.4, 0.5) is 17.6 Å². The molecule has 0 radical (unpaired) electrons. The van der Waals surface area contributed by atoms with Crippen molar-refractivity contribution in [3.63, 3.8) is 0 Å². The fraction of sp³-hybridized carbons (Fsp3) is 0.364. The highest BCUT2D eigenvalue weighted by Crippen LogP contribution is 2.19. The lowest BCUT2D eigenvalue weighted by Crippen LogP contribution is -2.21. The molecule has 0 fully saturated rings. The van der Waals surface area contributed by atoms with Gasteiger partial charge in [-0.2, -0.15) is 13.2 Å². The van der Waals surface area contributed by atoms with Crippen LogP contribution >= 0.6 is 0 Å². The summed E-state index contributed by atoms with van der Waals surface area (Å²) in [6.07, 6.45) is -4.60. The fourth-order valence-electron chi connectivity index (χ4n) is 1.34. The molecule has 0 aliphatic heterocycles. The minimum absolute atomic E-state index is 0.453. The van der Waals surface area contributed by atoms with Gasteiger partial charge in [0.1, 0.15) is 17.3 Å². The molecule has 0 unspecified atom stereocenters. The summed E-state index contributed by atoms with van der Waals surface area (Å²) in [6, 6.07) is 2.14. The summed E-state index contributed by atoms with van der Waals surface area (Å²) in [5.41, 5.74) is -0.453. The van der Waals surface area contributed by atoms with E-state index in [2.05, 4.69) is 4.74 Å². The highest BCUT2D eigenvalue weighted by molar-refractivity contribution is 7.91. The third kappa shape index (κ3) is 5.31. The third-order valence-corrected chi connectivity index (χ3v) is 3.96. The Morgan fingerprint density at radius 1 is 1.29 bits per heavy atom. The Balaban J connectivity index is 2.83. The van der Waals surface area contributed by atoms with Crippen molar-refractivity contribution in [2.75, 3.05) is 19.0 Å². The molecule has 0 saturated heterocycles. The number of carboxylic acid groups (broad SMARTS) is 1. The Kier molecular flexibility index (Phi) is 5.29. The van der Waals surface area contributed by atoms with Crippen LogP contribution in [-0.4, -0.2) is 44.6 Å². The second kappa shape index (κ2) is 6.39. The van der Waals surface area contributed by atoms with Crippen molar-refractivity contribution >= 4 is 15.8 Å². The number of halogens is 4. The normalized spacial score (nSPS) is 12.4. The van der Waals surface area contributed by atoms with Crippen LogP contribution in [0.3, 0.4) is 0 Å². The molecule has 0 aromatic heterocycles. The molecule has 5 nitrogen and oxygen atoms in total. The molecular formula is C11H10F4O5S. The standard InChI is InChI=1S/C11H10F4O5S/c12-8-2-1-7(10(16)17)5-9(8)21(18,19)4-3-20-6-11(13,14)15/h1-2,5H,3-4,6H2,(H,16,17). The predicted molar refractivity (Wildman–Crippen MR) is 62.3 cm³/mol. The molecule has 118 valence electrons. The topological polar surface area (TPSA) is 80.7 Å². The lowest BCUT2D eigenvalue weighted by molar-refractivity contribution is -0.172. The fourth-order valence-corrected chi connectivity index (χ4v) is 2.57. The predicted octanol–water partition coefficient (Wildman–Crippen LogP) is 1.88. The number of sulfone groups is 1. The highest BCUT2D eigenvalue weighted by atomic mass is 32.2. The molecule has 21 heavy (non-hydrogen) atoms. The first-order valence-corrected chi connectivity index (χ1v) is 7.08. The first-order chi connectivity index (χ1) is 9.53. The van der Waals surface area contributed by atoms with Crippen molar-refractivity contribution < 1.29 is 40.6 Å². The van der Waals surface area contributed by atoms with Gasteiger partial charge in [-0.15, -0.1) is 0 Å². The number of hydrogen-bond acceptors (Lipinski definition) is 4. The summed E-state index contributed by atoms with van der Waals surface area (Å²) in [4.78, 5) is 9.80. The van der Waals surface area contributed by atoms with Crippen molar-refractivity contribution in [2.45, 2.75) is 11.1 Å². The number of ether oxygens (including phenoxy) is 1. The second-order valence-electron chi connectivity index (χ2n) is 3.94. The SMILES string of the molecule is O=C(O)c1ccc(F)c(S(=O)(=O)CCOCC(F)(F)F)c1. The van der Waals surface area contributed by atoms with Gasteiger partial charge in [0, 0.05) is 0 Å². The average Bonchev–Trinajstić information content (AvgIpc) is 2.33. The largest absolute Gasteiger partial charge is 0.478 e. The zero-order valence-electron chi connectivity index (χ0n) is 10.4. The first kappa shape index (κ1) is 17.4. The van der Waals surface area contributed by atoms with E-state index in [1.165, 1.54) is 0 Å². The minimum Gasteiger partial charge on any atom is -0.478 e. The summed E-state index contributed by atoms with van der Waals surface area (Å²) in [7, 11) is -4.30. The van der Waals surface area contributed by atoms with Crippen molar-refractivity contribution in [1.29, 1.82) is 0 Å². The van der Waals surface area contributed by atoms with E-state index in [4.69, 9.17) is 5.11 Å². The van der Waals surface area contributed by atoms with Crippen LogP contribution in [0.1, 0.15) is 10.4 Å². The minimum atomic E-state index is -4.60. The van der Waals surface area contributed by atoms with Crippen LogP contribution in [0.25, 0.3) is 0 Å². The zero-order valence-corrected chi connectivity index (χ0v) is 11.2. The van der Waals surface area contributed by atoms with E-state index in [1.807, 2.05) is 0 Å². The van der Waals surface area contributed by atoms with Gasteiger partial charge in [0.25, 0.3) is 0 Å². The van der Waals surface area contributed by atoms with E-state index in [1.54, 1.807) is 0 Å². The second-order valence-corrected chi connectivity index (χ2v) is 6.01. The number of benzene rings is 1. The number of carboxylic acids is 1. The molecule has 0 atom stereocenters. The maximum atomic E-state index is 13.4. The van der Waals surface area contributed by atoms with Gasteiger partial charge in [0.15, 0.2) is 9.84 Å². The van der Waals surface area contributed by atoms with E-state index in [-0.39, 0.29) is 0 Å². The van der Waals surface area contributed by atoms with Crippen molar-refractivity contribution in [3.8, 4) is 0 Å². The molecule has 0 aliphatic rings.